The Kier molecular flexibility index (Phi) is 3.01. The van der Waals surface area contributed by atoms with Crippen LogP contribution in [-0.2, 0) is 13.6 Å². The molecule has 2 rings (SSSR count). The van der Waals surface area contributed by atoms with E-state index < -0.39 is 0 Å². The molecule has 0 saturated carbocycles. The number of aryl methyl sites for hydroxylation is 1. The molecule has 1 N–H and O–H groups in total. The maximum Gasteiger partial charge on any atom is 0.0729 e. The van der Waals surface area contributed by atoms with Crippen LogP contribution in [0.25, 0.3) is 0 Å². The first-order valence-electron chi connectivity index (χ1n) is 4.56. The minimum Gasteiger partial charge on any atom is -0.378 e. The molecule has 2 aromatic heterocycles. The standard InChI is InChI=1S/C10H11BrN4/c1-15-7-10(6-14-15)13-4-8-2-9(11)5-12-3-8/h2-3,5-7,13H,4H2,1H3. The Labute approximate surface area is 96.5 Å². The molecule has 0 aliphatic carbocycles. The van der Waals surface area contributed by atoms with Crippen LogP contribution in [0.5, 0.6) is 0 Å². The van der Waals surface area contributed by atoms with E-state index >= 15 is 0 Å². The maximum atomic E-state index is 4.09. The zero-order valence-corrected chi connectivity index (χ0v) is 9.90. The maximum absolute atomic E-state index is 4.09. The highest BCUT2D eigenvalue weighted by atomic mass is 79.9. The summed E-state index contributed by atoms with van der Waals surface area (Å²) in [6, 6.07) is 2.04. The van der Waals surface area contributed by atoms with Gasteiger partial charge in [-0.2, -0.15) is 5.10 Å². The molecule has 0 unspecified atom stereocenters. The molecular weight excluding hydrogens is 256 g/mol. The SMILES string of the molecule is Cn1cc(NCc2cncc(Br)c2)cn1. The van der Waals surface area contributed by atoms with Crippen molar-refractivity contribution in [3.05, 3.63) is 40.9 Å². The third-order valence-electron chi connectivity index (χ3n) is 1.96. The lowest BCUT2D eigenvalue weighted by Crippen LogP contribution is -1.98. The molecule has 2 heterocycles. The molecule has 0 radical (unpaired) electrons. The first-order valence-corrected chi connectivity index (χ1v) is 5.35. The van der Waals surface area contributed by atoms with Gasteiger partial charge in [-0.25, -0.2) is 0 Å². The predicted octanol–water partition coefficient (Wildman–Crippen LogP) is 2.19. The molecule has 2 aromatic rings. The third kappa shape index (κ3) is 2.79. The van der Waals surface area contributed by atoms with Crippen LogP contribution in [0.2, 0.25) is 0 Å². The van der Waals surface area contributed by atoms with E-state index in [4.69, 9.17) is 0 Å². The van der Waals surface area contributed by atoms with Gasteiger partial charge in [0.05, 0.1) is 11.9 Å². The van der Waals surface area contributed by atoms with E-state index in [1.54, 1.807) is 17.1 Å². The van der Waals surface area contributed by atoms with Crippen molar-refractivity contribution in [1.82, 2.24) is 14.8 Å². The van der Waals surface area contributed by atoms with Crippen LogP contribution in [0.15, 0.2) is 35.3 Å². The molecule has 0 aromatic carbocycles. The molecule has 0 fully saturated rings. The van der Waals surface area contributed by atoms with Crippen LogP contribution in [0.1, 0.15) is 5.56 Å². The number of pyridine rings is 1. The van der Waals surface area contributed by atoms with Crippen molar-refractivity contribution < 1.29 is 0 Å². The summed E-state index contributed by atoms with van der Waals surface area (Å²) in [7, 11) is 1.89. The Hall–Kier alpha value is -1.36. The lowest BCUT2D eigenvalue weighted by atomic mass is 10.3. The van der Waals surface area contributed by atoms with Gasteiger partial charge in [0.2, 0.25) is 0 Å². The molecule has 0 saturated heterocycles. The number of rotatable bonds is 3. The zero-order valence-electron chi connectivity index (χ0n) is 8.31. The first kappa shape index (κ1) is 10.2. The van der Waals surface area contributed by atoms with Crippen molar-refractivity contribution in [2.75, 3.05) is 5.32 Å². The van der Waals surface area contributed by atoms with Crippen LogP contribution in [0.3, 0.4) is 0 Å². The molecule has 0 bridgehead atoms. The Bertz CT molecular complexity index is 452. The molecule has 0 amide bonds. The minimum atomic E-state index is 0.748. The van der Waals surface area contributed by atoms with Gasteiger partial charge in [-0.1, -0.05) is 0 Å². The zero-order chi connectivity index (χ0) is 10.7. The van der Waals surface area contributed by atoms with Crippen LogP contribution in [-0.4, -0.2) is 14.8 Å². The van der Waals surface area contributed by atoms with Gasteiger partial charge < -0.3 is 5.32 Å². The Morgan fingerprint density at radius 1 is 1.40 bits per heavy atom. The normalized spacial score (nSPS) is 10.3. The number of nitrogens with zero attached hydrogens (tertiary/aromatic N) is 3. The van der Waals surface area contributed by atoms with Crippen molar-refractivity contribution in [1.29, 1.82) is 0 Å². The van der Waals surface area contributed by atoms with Gasteiger partial charge in [0.15, 0.2) is 0 Å². The van der Waals surface area contributed by atoms with E-state index in [0.717, 1.165) is 22.3 Å². The molecule has 0 atom stereocenters. The van der Waals surface area contributed by atoms with Crippen molar-refractivity contribution >= 4 is 21.6 Å². The number of anilines is 1. The number of aromatic nitrogens is 3. The largest absolute Gasteiger partial charge is 0.378 e. The Balaban J connectivity index is 1.99. The quantitative estimate of drug-likeness (QED) is 0.926. The third-order valence-corrected chi connectivity index (χ3v) is 2.40. The number of halogens is 1. The molecule has 4 nitrogen and oxygen atoms in total. The fourth-order valence-corrected chi connectivity index (χ4v) is 1.68. The summed E-state index contributed by atoms with van der Waals surface area (Å²) in [6.45, 7) is 0.748. The predicted molar refractivity (Wildman–Crippen MR) is 62.5 cm³/mol. The van der Waals surface area contributed by atoms with Crippen molar-refractivity contribution in [2.24, 2.45) is 7.05 Å². The highest BCUT2D eigenvalue weighted by molar-refractivity contribution is 9.10. The van der Waals surface area contributed by atoms with Crippen LogP contribution < -0.4 is 5.32 Å². The summed E-state index contributed by atoms with van der Waals surface area (Å²) in [5, 5.41) is 7.34. The Morgan fingerprint density at radius 3 is 2.93 bits per heavy atom. The molecule has 0 spiro atoms. The van der Waals surface area contributed by atoms with E-state index in [9.17, 15) is 0 Å². The van der Waals surface area contributed by atoms with Gasteiger partial charge in [0.1, 0.15) is 0 Å². The summed E-state index contributed by atoms with van der Waals surface area (Å²) < 4.78 is 2.76. The summed E-state index contributed by atoms with van der Waals surface area (Å²) >= 11 is 3.39. The second kappa shape index (κ2) is 4.44. The van der Waals surface area contributed by atoms with E-state index in [1.165, 1.54) is 0 Å². The van der Waals surface area contributed by atoms with Gasteiger partial charge in [0.25, 0.3) is 0 Å². The second-order valence-electron chi connectivity index (χ2n) is 3.27. The van der Waals surface area contributed by atoms with Crippen molar-refractivity contribution in [3.63, 3.8) is 0 Å². The fourth-order valence-electron chi connectivity index (χ4n) is 1.27. The van der Waals surface area contributed by atoms with E-state index in [2.05, 4.69) is 31.3 Å². The fraction of sp³-hybridized carbons (Fsp3) is 0.200. The highest BCUT2D eigenvalue weighted by Gasteiger charge is 1.97. The van der Waals surface area contributed by atoms with Gasteiger partial charge in [-0.15, -0.1) is 0 Å². The van der Waals surface area contributed by atoms with Gasteiger partial charge in [-0.3, -0.25) is 9.67 Å². The van der Waals surface area contributed by atoms with Crippen LogP contribution in [0.4, 0.5) is 5.69 Å². The van der Waals surface area contributed by atoms with Crippen LogP contribution in [0, 0.1) is 0 Å². The van der Waals surface area contributed by atoms with Crippen molar-refractivity contribution in [2.45, 2.75) is 6.54 Å². The minimum absolute atomic E-state index is 0.748. The van der Waals surface area contributed by atoms with E-state index in [-0.39, 0.29) is 0 Å². The number of hydrogen-bond acceptors (Lipinski definition) is 3. The lowest BCUT2D eigenvalue weighted by Gasteiger charge is -2.03. The first-order chi connectivity index (χ1) is 7.24. The summed E-state index contributed by atoms with van der Waals surface area (Å²) in [4.78, 5) is 4.09. The summed E-state index contributed by atoms with van der Waals surface area (Å²) in [5.41, 5.74) is 2.14. The molecular formula is C10H11BrN4. The Morgan fingerprint density at radius 2 is 2.27 bits per heavy atom. The average molecular weight is 267 g/mol. The number of hydrogen-bond donors (Lipinski definition) is 1. The van der Waals surface area contributed by atoms with Gasteiger partial charge >= 0.3 is 0 Å². The van der Waals surface area contributed by atoms with Crippen molar-refractivity contribution in [3.8, 4) is 0 Å². The summed E-state index contributed by atoms with van der Waals surface area (Å²) in [5.74, 6) is 0. The van der Waals surface area contributed by atoms with Gasteiger partial charge in [0, 0.05) is 36.7 Å². The monoisotopic (exact) mass is 266 g/mol. The molecule has 0 aliphatic heterocycles. The molecule has 0 aliphatic rings. The summed E-state index contributed by atoms with van der Waals surface area (Å²) in [6.07, 6.45) is 7.35. The molecule has 78 valence electrons. The van der Waals surface area contributed by atoms with E-state index in [0.29, 0.717) is 0 Å². The topological polar surface area (TPSA) is 42.7 Å². The van der Waals surface area contributed by atoms with Crippen LogP contribution >= 0.6 is 15.9 Å². The number of nitrogens with one attached hydrogen (secondary N) is 1. The average Bonchev–Trinajstić information content (AvgIpc) is 2.62. The lowest BCUT2D eigenvalue weighted by molar-refractivity contribution is 0.768. The second-order valence-corrected chi connectivity index (χ2v) is 4.18. The molecule has 5 heteroatoms. The smallest absolute Gasteiger partial charge is 0.0729 e. The molecule has 15 heavy (non-hydrogen) atoms. The highest BCUT2D eigenvalue weighted by Crippen LogP contribution is 2.11. The van der Waals surface area contributed by atoms with E-state index in [1.807, 2.05) is 25.5 Å². The van der Waals surface area contributed by atoms with Gasteiger partial charge in [-0.05, 0) is 27.6 Å².